The van der Waals surface area contributed by atoms with E-state index in [4.69, 9.17) is 19.0 Å². The standard InChI is InChI=1S/C44H44N8O7/c1-27-24-44(27,40-46-42(55)59-47-40)52-36-13-12-29(28-15-20-58-21-16-28)22-31(36)23-37(52)39(54)48-17-14-33-34(25-48)45-41(50-19-18-49(43(50)56)32-9-4-3-5-10-32)51(38(33)53)35-11-7-6-8-30(35)26-57-2/h3-13,22-23,27-28H,14-21,24-26H2,1-2H3,(H,46,47,55). The molecule has 2 atom stereocenters. The largest absolute Gasteiger partial charge is 0.438 e. The first-order valence-corrected chi connectivity index (χ1v) is 20.2. The van der Waals surface area contributed by atoms with Crippen molar-refractivity contribution < 1.29 is 23.6 Å². The van der Waals surface area contributed by atoms with Gasteiger partial charge in [0.05, 0.1) is 24.5 Å². The number of methoxy groups -OCH3 is 1. The molecule has 10 rings (SSSR count). The zero-order valence-corrected chi connectivity index (χ0v) is 32.9. The number of hydrogen-bond donors (Lipinski definition) is 1. The number of rotatable bonds is 9. The highest BCUT2D eigenvalue weighted by atomic mass is 16.5. The molecule has 6 heterocycles. The van der Waals surface area contributed by atoms with E-state index < -0.39 is 11.3 Å². The zero-order valence-electron chi connectivity index (χ0n) is 32.9. The average molecular weight is 797 g/mol. The zero-order chi connectivity index (χ0) is 40.4. The molecule has 1 aliphatic carbocycles. The van der Waals surface area contributed by atoms with E-state index in [1.54, 1.807) is 21.8 Å². The summed E-state index contributed by atoms with van der Waals surface area (Å²) in [6.07, 6.45) is 2.75. The Balaban J connectivity index is 1.07. The van der Waals surface area contributed by atoms with Crippen molar-refractivity contribution in [2.24, 2.45) is 5.92 Å². The summed E-state index contributed by atoms with van der Waals surface area (Å²) in [5.41, 5.74) is 4.41. The van der Waals surface area contributed by atoms with Crippen LogP contribution in [0.3, 0.4) is 0 Å². The summed E-state index contributed by atoms with van der Waals surface area (Å²) < 4.78 is 19.7. The summed E-state index contributed by atoms with van der Waals surface area (Å²) in [7, 11) is 1.60. The van der Waals surface area contributed by atoms with Gasteiger partial charge in [-0.05, 0) is 79.5 Å². The molecular formula is C44H44N8O7. The molecule has 302 valence electrons. The van der Waals surface area contributed by atoms with Gasteiger partial charge >= 0.3 is 11.8 Å². The monoisotopic (exact) mass is 796 g/mol. The van der Waals surface area contributed by atoms with Gasteiger partial charge in [0.25, 0.3) is 11.5 Å². The van der Waals surface area contributed by atoms with E-state index in [2.05, 4.69) is 35.3 Å². The van der Waals surface area contributed by atoms with E-state index in [-0.39, 0.29) is 55.5 Å². The molecule has 0 spiro atoms. The first kappa shape index (κ1) is 37.0. The van der Waals surface area contributed by atoms with Crippen molar-refractivity contribution in [3.63, 3.8) is 0 Å². The fourth-order valence-corrected chi connectivity index (χ4v) is 9.46. The van der Waals surface area contributed by atoms with E-state index in [0.29, 0.717) is 67.1 Å². The molecule has 1 saturated carbocycles. The smallest absolute Gasteiger partial charge is 0.381 e. The second kappa shape index (κ2) is 14.5. The predicted octanol–water partition coefficient (Wildman–Crippen LogP) is 5.33. The van der Waals surface area contributed by atoms with Crippen molar-refractivity contribution in [3.8, 4) is 5.69 Å². The highest BCUT2D eigenvalue weighted by Gasteiger charge is 2.59. The summed E-state index contributed by atoms with van der Waals surface area (Å²) in [6, 6.07) is 24.9. The van der Waals surface area contributed by atoms with Gasteiger partial charge in [0, 0.05) is 67.7 Å². The van der Waals surface area contributed by atoms with Gasteiger partial charge < -0.3 is 18.9 Å². The summed E-state index contributed by atoms with van der Waals surface area (Å²) in [5.74, 6) is 0.0556. The molecule has 0 radical (unpaired) electrons. The number of amides is 3. The minimum atomic E-state index is -0.803. The van der Waals surface area contributed by atoms with E-state index in [1.165, 1.54) is 10.1 Å². The number of urea groups is 1. The average Bonchev–Trinajstić information content (AvgIpc) is 3.59. The van der Waals surface area contributed by atoms with Gasteiger partial charge in [-0.25, -0.2) is 19.1 Å². The summed E-state index contributed by atoms with van der Waals surface area (Å²) in [6.45, 7) is 4.76. The number of hydrogen-bond acceptors (Lipinski definition) is 9. The van der Waals surface area contributed by atoms with Gasteiger partial charge in [-0.15, -0.1) is 0 Å². The number of nitrogens with zero attached hydrogens (tertiary/aromatic N) is 7. The number of anilines is 2. The van der Waals surface area contributed by atoms with Gasteiger partial charge in [-0.3, -0.25) is 28.9 Å². The lowest BCUT2D eigenvalue weighted by Crippen LogP contribution is -2.43. The minimum absolute atomic E-state index is 0.0415. The minimum Gasteiger partial charge on any atom is -0.381 e. The van der Waals surface area contributed by atoms with Gasteiger partial charge in [-0.2, -0.15) is 0 Å². The molecular weight excluding hydrogens is 753 g/mol. The molecule has 1 N–H and O–H groups in total. The van der Waals surface area contributed by atoms with Crippen LogP contribution in [0, 0.1) is 5.92 Å². The van der Waals surface area contributed by atoms with Gasteiger partial charge in [0.2, 0.25) is 5.95 Å². The molecule has 3 amide bonds. The topological polar surface area (TPSA) is 161 Å². The second-order valence-electron chi connectivity index (χ2n) is 16.0. The van der Waals surface area contributed by atoms with Crippen molar-refractivity contribution in [3.05, 3.63) is 134 Å². The number of nitrogens with one attached hydrogen (secondary N) is 1. The Morgan fingerprint density at radius 2 is 1.71 bits per heavy atom. The molecule has 3 aliphatic heterocycles. The maximum atomic E-state index is 15.1. The van der Waals surface area contributed by atoms with Crippen molar-refractivity contribution in [2.75, 3.05) is 49.8 Å². The van der Waals surface area contributed by atoms with Gasteiger partial charge in [0.15, 0.2) is 5.82 Å². The predicted molar refractivity (Wildman–Crippen MR) is 218 cm³/mol. The van der Waals surface area contributed by atoms with Crippen molar-refractivity contribution in [1.29, 1.82) is 0 Å². The Bertz CT molecular complexity index is 2730. The lowest BCUT2D eigenvalue weighted by molar-refractivity contribution is 0.0717. The van der Waals surface area contributed by atoms with Gasteiger partial charge in [-0.1, -0.05) is 54.5 Å². The number of aromatic nitrogens is 5. The molecule has 59 heavy (non-hydrogen) atoms. The number of aromatic amines is 1. The van der Waals surface area contributed by atoms with E-state index in [0.717, 1.165) is 35.0 Å². The highest BCUT2D eigenvalue weighted by molar-refractivity contribution is 6.05. The quantitative estimate of drug-likeness (QED) is 0.204. The lowest BCUT2D eigenvalue weighted by atomic mass is 9.91. The van der Waals surface area contributed by atoms with Crippen LogP contribution in [0.15, 0.2) is 93.0 Å². The van der Waals surface area contributed by atoms with Crippen LogP contribution >= 0.6 is 0 Å². The molecule has 3 fully saturated rings. The molecule has 6 aromatic rings. The molecule has 3 aromatic carbocycles. The normalized spacial score (nSPS) is 20.7. The van der Waals surface area contributed by atoms with Crippen LogP contribution in [-0.4, -0.2) is 81.1 Å². The first-order valence-electron chi connectivity index (χ1n) is 20.2. The van der Waals surface area contributed by atoms with Crippen molar-refractivity contribution in [2.45, 2.75) is 57.2 Å². The first-order chi connectivity index (χ1) is 28.8. The summed E-state index contributed by atoms with van der Waals surface area (Å²) in [5, 5.41) is 5.05. The van der Waals surface area contributed by atoms with Crippen LogP contribution in [0.1, 0.15) is 70.8 Å². The third-order valence-corrected chi connectivity index (χ3v) is 12.6. The van der Waals surface area contributed by atoms with Crippen LogP contribution in [0.25, 0.3) is 16.6 Å². The fraction of sp³-hybridized carbons (Fsp3) is 0.364. The fourth-order valence-electron chi connectivity index (χ4n) is 9.46. The van der Waals surface area contributed by atoms with Crippen LogP contribution in [0.2, 0.25) is 0 Å². The number of fused-ring (bicyclic) bond motifs is 2. The Morgan fingerprint density at radius 3 is 2.46 bits per heavy atom. The molecule has 15 nitrogen and oxygen atoms in total. The molecule has 15 heteroatoms. The Labute approximate surface area is 338 Å². The molecule has 2 saturated heterocycles. The third kappa shape index (κ3) is 6.09. The number of H-pyrrole nitrogens is 1. The van der Waals surface area contributed by atoms with Crippen LogP contribution in [0.4, 0.5) is 16.4 Å². The second-order valence-corrected chi connectivity index (χ2v) is 16.0. The molecule has 3 aromatic heterocycles. The Kier molecular flexibility index (Phi) is 9.09. The van der Waals surface area contributed by atoms with Crippen molar-refractivity contribution in [1.82, 2.24) is 29.2 Å². The lowest BCUT2D eigenvalue weighted by Gasteiger charge is -2.31. The number of carbonyl (C=O) groups excluding carboxylic acids is 2. The Morgan fingerprint density at radius 1 is 0.949 bits per heavy atom. The highest BCUT2D eigenvalue weighted by Crippen LogP contribution is 2.56. The van der Waals surface area contributed by atoms with Crippen LogP contribution in [0.5, 0.6) is 0 Å². The summed E-state index contributed by atoms with van der Waals surface area (Å²) in [4.78, 5) is 69.2. The van der Waals surface area contributed by atoms with Crippen LogP contribution in [-0.2, 0) is 34.6 Å². The molecule has 0 bridgehead atoms. The number of benzene rings is 3. The maximum absolute atomic E-state index is 15.1. The van der Waals surface area contributed by atoms with E-state index >= 15 is 4.79 Å². The van der Waals surface area contributed by atoms with Crippen molar-refractivity contribution >= 4 is 34.5 Å². The summed E-state index contributed by atoms with van der Waals surface area (Å²) >= 11 is 0. The Hall–Kier alpha value is -6.32. The SMILES string of the molecule is COCc1ccccc1-n1c(N2CCN(c3ccccc3)C2=O)nc2c(c1=O)CCN(C(=O)c1cc3cc(C4CCOCC4)ccc3n1C1(c3noc(=O)[nH]3)CC1C)C2. The van der Waals surface area contributed by atoms with E-state index in [9.17, 15) is 14.4 Å². The van der Waals surface area contributed by atoms with E-state index in [1.807, 2.05) is 65.2 Å². The number of carbonyl (C=O) groups is 2. The third-order valence-electron chi connectivity index (χ3n) is 12.6. The molecule has 4 aliphatic rings. The number of para-hydroxylation sites is 2. The maximum Gasteiger partial charge on any atom is 0.438 e. The number of ether oxygens (including phenoxy) is 2. The molecule has 2 unspecified atom stereocenters. The van der Waals surface area contributed by atoms with Gasteiger partial charge in [0.1, 0.15) is 11.2 Å². The van der Waals surface area contributed by atoms with Crippen LogP contribution < -0.4 is 21.1 Å².